The van der Waals surface area contributed by atoms with Crippen molar-refractivity contribution in [3.05, 3.63) is 12.2 Å². The van der Waals surface area contributed by atoms with Crippen molar-refractivity contribution in [2.75, 3.05) is 40.5 Å². The van der Waals surface area contributed by atoms with Gasteiger partial charge < -0.3 is 24.2 Å². The summed E-state index contributed by atoms with van der Waals surface area (Å²) in [6.45, 7) is 25.1. The summed E-state index contributed by atoms with van der Waals surface area (Å²) in [5.74, 6) is 1.27. The molecule has 1 N–H and O–H groups in total. The minimum absolute atomic E-state index is 0.0555. The number of carboxylic acids is 1. The van der Waals surface area contributed by atoms with Gasteiger partial charge in [-0.15, -0.1) is 0 Å². The molecular weight excluding hydrogens is 642 g/mol. The number of fused-ring (bicyclic) bond motifs is 7. The molecule has 0 bridgehead atoms. The summed E-state index contributed by atoms with van der Waals surface area (Å²) in [5, 5.41) is 9.35. The molecule has 5 fully saturated rings. The minimum atomic E-state index is -0.889. The number of allylic oxidation sites excluding steroid dienone is 1. The summed E-state index contributed by atoms with van der Waals surface area (Å²) in [6, 6.07) is 0. The average molecular weight is 714 g/mol. The first kappa shape index (κ1) is 40.3. The van der Waals surface area contributed by atoms with Gasteiger partial charge in [0.1, 0.15) is 6.10 Å². The lowest BCUT2D eigenvalue weighted by molar-refractivity contribution is -0.250. The molecule has 0 heterocycles. The number of carbonyl (C=O) groups is 3. The predicted octanol–water partition coefficient (Wildman–Crippen LogP) is 8.57. The van der Waals surface area contributed by atoms with Gasteiger partial charge in [0.2, 0.25) is 5.91 Å². The summed E-state index contributed by atoms with van der Waals surface area (Å²) < 4.78 is 17.2. The van der Waals surface area contributed by atoms with Crippen molar-refractivity contribution in [3.8, 4) is 0 Å². The Kier molecular flexibility index (Phi) is 11.3. The molecule has 0 saturated heterocycles. The van der Waals surface area contributed by atoms with Crippen LogP contribution in [0.5, 0.6) is 0 Å². The van der Waals surface area contributed by atoms with E-state index in [1.807, 2.05) is 18.7 Å². The predicted molar refractivity (Wildman–Crippen MR) is 200 cm³/mol. The monoisotopic (exact) mass is 714 g/mol. The molecule has 0 aromatic rings. The first-order valence-corrected chi connectivity index (χ1v) is 20.1. The van der Waals surface area contributed by atoms with Crippen LogP contribution in [0.4, 0.5) is 0 Å². The fourth-order valence-electron chi connectivity index (χ4n) is 13.8. The van der Waals surface area contributed by atoms with Gasteiger partial charge in [-0.2, -0.15) is 0 Å². The first-order chi connectivity index (χ1) is 23.7. The quantitative estimate of drug-likeness (QED) is 0.151. The number of esters is 1. The van der Waals surface area contributed by atoms with Gasteiger partial charge in [0.05, 0.1) is 31.5 Å². The van der Waals surface area contributed by atoms with Crippen LogP contribution in [0.1, 0.15) is 132 Å². The van der Waals surface area contributed by atoms with Crippen molar-refractivity contribution in [1.29, 1.82) is 0 Å². The number of ether oxygens (including phenoxy) is 3. The molecule has 0 aliphatic heterocycles. The molecule has 8 nitrogen and oxygen atoms in total. The molecule has 0 aromatic heterocycles. The number of carbonyl (C=O) groups excluding carboxylic acids is 2. The van der Waals surface area contributed by atoms with Crippen LogP contribution in [-0.2, 0) is 28.6 Å². The summed E-state index contributed by atoms with van der Waals surface area (Å²) in [5.41, 5.74) is 0.436. The van der Waals surface area contributed by atoms with Crippen LogP contribution >= 0.6 is 0 Å². The molecule has 0 spiro atoms. The lowest BCUT2D eigenvalue weighted by Gasteiger charge is -2.73. The fourth-order valence-corrected chi connectivity index (χ4v) is 13.8. The average Bonchev–Trinajstić information content (AvgIpc) is 3.43. The van der Waals surface area contributed by atoms with Gasteiger partial charge in [-0.3, -0.25) is 14.4 Å². The highest BCUT2D eigenvalue weighted by Crippen LogP contribution is 2.77. The Hall–Kier alpha value is -1.93. The highest BCUT2D eigenvalue weighted by atomic mass is 16.5. The number of hydrogen-bond donors (Lipinski definition) is 1. The molecule has 4 unspecified atom stereocenters. The van der Waals surface area contributed by atoms with E-state index in [4.69, 9.17) is 14.2 Å². The third kappa shape index (κ3) is 6.74. The maximum absolute atomic E-state index is 14.9. The van der Waals surface area contributed by atoms with E-state index in [-0.39, 0.29) is 52.0 Å². The number of amides is 1. The molecule has 8 heteroatoms. The van der Waals surface area contributed by atoms with E-state index in [0.29, 0.717) is 61.8 Å². The zero-order valence-corrected chi connectivity index (χ0v) is 33.8. The number of carboxylic acid groups (broad SMARTS) is 1. The van der Waals surface area contributed by atoms with E-state index in [0.717, 1.165) is 57.8 Å². The molecule has 51 heavy (non-hydrogen) atoms. The fraction of sp³-hybridized carbons (Fsp3) is 0.884. The largest absolute Gasteiger partial charge is 0.481 e. The standard InChI is InChI=1S/C43H71NO7/c1-28(2)29-14-19-43(37(48)44(22-24-49-10)23-25-50-11)21-20-41(8)30(36(29)43)12-13-32-40(7)17-16-33(39(5,6)31(40)15-18-42(32,41)9)51-35(47)27-38(3,4)26-34(45)46/h29-33,36H,1,12-27H2,2-11H3,(H,45,46)/t29-,30?,31?,32?,33-,36?,40-,41+,42+,43-/m0/s1. The smallest absolute Gasteiger partial charge is 0.306 e. The van der Waals surface area contributed by atoms with E-state index in [9.17, 15) is 19.5 Å². The molecule has 5 rings (SSSR count). The van der Waals surface area contributed by atoms with Crippen LogP contribution in [0.2, 0.25) is 0 Å². The number of hydrogen-bond acceptors (Lipinski definition) is 6. The topological polar surface area (TPSA) is 102 Å². The third-order valence-electron chi connectivity index (χ3n) is 16.4. The van der Waals surface area contributed by atoms with Gasteiger partial charge in [-0.1, -0.05) is 60.6 Å². The van der Waals surface area contributed by atoms with Crippen LogP contribution in [-0.4, -0.2) is 74.5 Å². The van der Waals surface area contributed by atoms with Crippen molar-refractivity contribution in [1.82, 2.24) is 4.90 Å². The van der Waals surface area contributed by atoms with Gasteiger partial charge in [0.25, 0.3) is 0 Å². The Balaban J connectivity index is 1.42. The van der Waals surface area contributed by atoms with Crippen molar-refractivity contribution < 1.29 is 33.7 Å². The Labute approximate surface area is 309 Å². The number of methoxy groups -OCH3 is 2. The number of aliphatic carboxylic acids is 1. The van der Waals surface area contributed by atoms with Crippen molar-refractivity contribution >= 4 is 17.8 Å². The minimum Gasteiger partial charge on any atom is -0.481 e. The SMILES string of the molecule is C=C(C)[C@@H]1CC[C@]2(C(=O)N(CCOC)CCOC)CC[C@]3(C)C(CCC4[C@@]5(C)CC[C@H](OC(=O)CC(C)(C)CC(=O)O)C(C)(C)C5CC[C@]43C)C12. The molecule has 5 aliphatic rings. The first-order valence-electron chi connectivity index (χ1n) is 20.1. The Bertz CT molecular complexity index is 1330. The van der Waals surface area contributed by atoms with Gasteiger partial charge in [0.15, 0.2) is 0 Å². The Morgan fingerprint density at radius 1 is 0.804 bits per heavy atom. The lowest BCUT2D eigenvalue weighted by atomic mass is 9.32. The van der Waals surface area contributed by atoms with Crippen LogP contribution < -0.4 is 0 Å². The van der Waals surface area contributed by atoms with E-state index in [2.05, 4.69) is 48.1 Å². The maximum atomic E-state index is 14.9. The van der Waals surface area contributed by atoms with E-state index >= 15 is 0 Å². The van der Waals surface area contributed by atoms with E-state index in [1.54, 1.807) is 14.2 Å². The maximum Gasteiger partial charge on any atom is 0.306 e. The molecule has 0 radical (unpaired) electrons. The molecular formula is C43H71NO7. The molecule has 290 valence electrons. The molecule has 0 aromatic carbocycles. The van der Waals surface area contributed by atoms with Crippen LogP contribution in [0, 0.1) is 62.1 Å². The summed E-state index contributed by atoms with van der Waals surface area (Å²) in [7, 11) is 3.41. The second-order valence-corrected chi connectivity index (χ2v) is 19.9. The van der Waals surface area contributed by atoms with Crippen molar-refractivity contribution in [3.63, 3.8) is 0 Å². The van der Waals surface area contributed by atoms with E-state index in [1.165, 1.54) is 12.0 Å². The van der Waals surface area contributed by atoms with Gasteiger partial charge >= 0.3 is 11.9 Å². The van der Waals surface area contributed by atoms with Gasteiger partial charge in [0, 0.05) is 32.7 Å². The van der Waals surface area contributed by atoms with Gasteiger partial charge in [-0.25, -0.2) is 0 Å². The number of rotatable bonds is 13. The lowest BCUT2D eigenvalue weighted by Crippen LogP contribution is -2.67. The highest BCUT2D eigenvalue weighted by Gasteiger charge is 2.72. The second-order valence-electron chi connectivity index (χ2n) is 19.9. The normalized spacial score (nSPS) is 39.9. The summed E-state index contributed by atoms with van der Waals surface area (Å²) >= 11 is 0. The second kappa shape index (κ2) is 14.4. The Morgan fingerprint density at radius 3 is 2.04 bits per heavy atom. The van der Waals surface area contributed by atoms with Crippen molar-refractivity contribution in [2.24, 2.45) is 62.1 Å². The third-order valence-corrected chi connectivity index (χ3v) is 16.4. The zero-order valence-electron chi connectivity index (χ0n) is 33.8. The molecule has 5 aliphatic carbocycles. The van der Waals surface area contributed by atoms with Crippen LogP contribution in [0.25, 0.3) is 0 Å². The van der Waals surface area contributed by atoms with E-state index < -0.39 is 11.4 Å². The van der Waals surface area contributed by atoms with Crippen molar-refractivity contribution in [2.45, 2.75) is 139 Å². The van der Waals surface area contributed by atoms with Gasteiger partial charge in [-0.05, 0) is 122 Å². The molecule has 1 amide bonds. The zero-order chi connectivity index (χ0) is 37.8. The molecule has 5 saturated carbocycles. The Morgan fingerprint density at radius 2 is 1.45 bits per heavy atom. The summed E-state index contributed by atoms with van der Waals surface area (Å²) in [6.07, 6.45) is 10.4. The highest BCUT2D eigenvalue weighted by molar-refractivity contribution is 5.84. The summed E-state index contributed by atoms with van der Waals surface area (Å²) in [4.78, 5) is 41.6. The van der Waals surface area contributed by atoms with Crippen LogP contribution in [0.15, 0.2) is 12.2 Å². The molecule has 10 atom stereocenters. The van der Waals surface area contributed by atoms with Crippen LogP contribution in [0.3, 0.4) is 0 Å². The number of nitrogens with zero attached hydrogens (tertiary/aromatic N) is 1.